The lowest BCUT2D eigenvalue weighted by Crippen LogP contribution is -2.23. The number of pyridine rings is 2. The Balaban J connectivity index is 1.98. The Bertz CT molecular complexity index is 570. The van der Waals surface area contributed by atoms with Gasteiger partial charge in [-0.1, -0.05) is 6.07 Å². The molecule has 0 saturated heterocycles. The van der Waals surface area contributed by atoms with Crippen LogP contribution in [-0.4, -0.2) is 28.5 Å². The molecule has 0 atom stereocenters. The van der Waals surface area contributed by atoms with E-state index >= 15 is 0 Å². The van der Waals surface area contributed by atoms with Crippen molar-refractivity contribution in [3.05, 3.63) is 59.7 Å². The fourth-order valence-corrected chi connectivity index (χ4v) is 2.06. The normalized spacial score (nSPS) is 11.9. The molecule has 0 aliphatic carbocycles. The Hall–Kier alpha value is -1.95. The summed E-state index contributed by atoms with van der Waals surface area (Å²) in [4.78, 5) is 9.25. The van der Waals surface area contributed by atoms with Gasteiger partial charge < -0.3 is 4.90 Å². The van der Waals surface area contributed by atoms with E-state index in [0.29, 0.717) is 6.54 Å². The van der Waals surface area contributed by atoms with Crippen molar-refractivity contribution >= 4 is 0 Å². The highest BCUT2D eigenvalue weighted by molar-refractivity contribution is 5.22. The molecule has 2 aromatic heterocycles. The zero-order chi connectivity index (χ0) is 15.3. The minimum atomic E-state index is -4.41. The monoisotopic (exact) mass is 295 g/mol. The van der Waals surface area contributed by atoms with Crippen LogP contribution in [0, 0.1) is 0 Å². The number of nitrogens with zero attached hydrogens (tertiary/aromatic N) is 3. The Kier molecular flexibility index (Phi) is 4.90. The van der Waals surface area contributed by atoms with Gasteiger partial charge >= 0.3 is 6.18 Å². The van der Waals surface area contributed by atoms with Crippen LogP contribution in [0.4, 0.5) is 13.2 Å². The summed E-state index contributed by atoms with van der Waals surface area (Å²) < 4.78 is 38.6. The molecule has 0 unspecified atom stereocenters. The van der Waals surface area contributed by atoms with E-state index in [2.05, 4.69) is 9.97 Å². The van der Waals surface area contributed by atoms with E-state index in [1.54, 1.807) is 19.4 Å². The molecule has 0 bridgehead atoms. The molecular formula is C15H16F3N3. The van der Waals surface area contributed by atoms with Gasteiger partial charge in [0.15, 0.2) is 0 Å². The SMILES string of the molecule is CN(CCc1ccncc1)Cc1cccnc1C(F)(F)F. The maximum absolute atomic E-state index is 12.9. The van der Waals surface area contributed by atoms with E-state index in [1.807, 2.05) is 17.0 Å². The van der Waals surface area contributed by atoms with Gasteiger partial charge in [-0.15, -0.1) is 0 Å². The molecule has 2 rings (SSSR count). The molecule has 0 aliphatic heterocycles. The summed E-state index contributed by atoms with van der Waals surface area (Å²) >= 11 is 0. The third-order valence-electron chi connectivity index (χ3n) is 3.13. The molecule has 112 valence electrons. The number of hydrogen-bond acceptors (Lipinski definition) is 3. The minimum absolute atomic E-state index is 0.197. The summed E-state index contributed by atoms with van der Waals surface area (Å²) in [7, 11) is 1.80. The second-order valence-corrected chi connectivity index (χ2v) is 4.85. The number of aromatic nitrogens is 2. The number of likely N-dealkylation sites (N-methyl/N-ethyl adjacent to an activating group) is 1. The average molecular weight is 295 g/mol. The third kappa shape index (κ3) is 4.53. The van der Waals surface area contributed by atoms with Gasteiger partial charge in [0, 0.05) is 31.7 Å². The van der Waals surface area contributed by atoms with E-state index in [1.165, 1.54) is 18.3 Å². The molecule has 2 aromatic rings. The zero-order valence-electron chi connectivity index (χ0n) is 11.6. The van der Waals surface area contributed by atoms with Crippen LogP contribution in [0.2, 0.25) is 0 Å². The highest BCUT2D eigenvalue weighted by Gasteiger charge is 2.35. The summed E-state index contributed by atoms with van der Waals surface area (Å²) in [5.41, 5.74) is 0.502. The van der Waals surface area contributed by atoms with Crippen molar-refractivity contribution < 1.29 is 13.2 Å². The molecule has 6 heteroatoms. The molecule has 0 aliphatic rings. The van der Waals surface area contributed by atoms with Crippen LogP contribution in [0.15, 0.2) is 42.9 Å². The van der Waals surface area contributed by atoms with Crippen molar-refractivity contribution in [3.8, 4) is 0 Å². The molecule has 0 amide bonds. The Morgan fingerprint density at radius 1 is 1.10 bits per heavy atom. The molecule has 0 fully saturated rings. The Morgan fingerprint density at radius 2 is 1.81 bits per heavy atom. The largest absolute Gasteiger partial charge is 0.433 e. The topological polar surface area (TPSA) is 29.0 Å². The maximum Gasteiger partial charge on any atom is 0.433 e. The lowest BCUT2D eigenvalue weighted by atomic mass is 10.1. The highest BCUT2D eigenvalue weighted by Crippen LogP contribution is 2.30. The molecule has 0 spiro atoms. The summed E-state index contributed by atoms with van der Waals surface area (Å²) in [6, 6.07) is 6.80. The second kappa shape index (κ2) is 6.67. The predicted octanol–water partition coefficient (Wildman–Crippen LogP) is 3.17. The summed E-state index contributed by atoms with van der Waals surface area (Å²) in [6.07, 6.45) is 0.933. The van der Waals surface area contributed by atoms with Crippen molar-refractivity contribution in [2.75, 3.05) is 13.6 Å². The first-order chi connectivity index (χ1) is 9.97. The van der Waals surface area contributed by atoms with E-state index < -0.39 is 11.9 Å². The smallest absolute Gasteiger partial charge is 0.302 e. The minimum Gasteiger partial charge on any atom is -0.302 e. The molecule has 21 heavy (non-hydrogen) atoms. The van der Waals surface area contributed by atoms with Crippen molar-refractivity contribution in [2.24, 2.45) is 0 Å². The molecule has 3 nitrogen and oxygen atoms in total. The first-order valence-corrected chi connectivity index (χ1v) is 6.55. The maximum atomic E-state index is 12.9. The summed E-state index contributed by atoms with van der Waals surface area (Å²) in [5.74, 6) is 0. The van der Waals surface area contributed by atoms with Crippen LogP contribution in [-0.2, 0) is 19.1 Å². The number of halogens is 3. The van der Waals surface area contributed by atoms with E-state index in [-0.39, 0.29) is 12.1 Å². The standard InChI is InChI=1S/C15H16F3N3/c1-21(10-6-12-4-8-19-9-5-12)11-13-3-2-7-20-14(13)15(16,17)18/h2-5,7-9H,6,10-11H2,1H3. The van der Waals surface area contributed by atoms with Crippen LogP contribution in [0.1, 0.15) is 16.8 Å². The van der Waals surface area contributed by atoms with Gasteiger partial charge in [0.1, 0.15) is 5.69 Å². The molecule has 0 radical (unpaired) electrons. The van der Waals surface area contributed by atoms with Crippen LogP contribution in [0.5, 0.6) is 0 Å². The molecule has 0 saturated carbocycles. The van der Waals surface area contributed by atoms with Crippen molar-refractivity contribution in [2.45, 2.75) is 19.1 Å². The summed E-state index contributed by atoms with van der Waals surface area (Å²) in [6.45, 7) is 0.879. The lowest BCUT2D eigenvalue weighted by molar-refractivity contribution is -0.142. The fourth-order valence-electron chi connectivity index (χ4n) is 2.06. The fraction of sp³-hybridized carbons (Fsp3) is 0.333. The second-order valence-electron chi connectivity index (χ2n) is 4.85. The van der Waals surface area contributed by atoms with Crippen molar-refractivity contribution in [1.82, 2.24) is 14.9 Å². The van der Waals surface area contributed by atoms with Crippen molar-refractivity contribution in [3.63, 3.8) is 0 Å². The van der Waals surface area contributed by atoms with E-state index in [9.17, 15) is 13.2 Å². The quantitative estimate of drug-likeness (QED) is 0.848. The van der Waals surface area contributed by atoms with Gasteiger partial charge in [-0.3, -0.25) is 9.97 Å². The number of hydrogen-bond donors (Lipinski definition) is 0. The highest BCUT2D eigenvalue weighted by atomic mass is 19.4. The van der Waals surface area contributed by atoms with E-state index in [4.69, 9.17) is 0 Å². The molecule has 0 N–H and O–H groups in total. The molecule has 0 aromatic carbocycles. The first kappa shape index (κ1) is 15.4. The van der Waals surface area contributed by atoms with Gasteiger partial charge in [0.25, 0.3) is 0 Å². The first-order valence-electron chi connectivity index (χ1n) is 6.55. The lowest BCUT2D eigenvalue weighted by Gasteiger charge is -2.19. The third-order valence-corrected chi connectivity index (χ3v) is 3.13. The number of alkyl halides is 3. The van der Waals surface area contributed by atoms with Crippen LogP contribution >= 0.6 is 0 Å². The van der Waals surface area contributed by atoms with Gasteiger partial charge in [0.2, 0.25) is 0 Å². The summed E-state index contributed by atoms with van der Waals surface area (Å²) in [5, 5.41) is 0. The zero-order valence-corrected chi connectivity index (χ0v) is 11.6. The van der Waals surface area contributed by atoms with Crippen LogP contribution < -0.4 is 0 Å². The Morgan fingerprint density at radius 3 is 2.48 bits per heavy atom. The number of rotatable bonds is 5. The Labute approximate surface area is 121 Å². The molecular weight excluding hydrogens is 279 g/mol. The van der Waals surface area contributed by atoms with Crippen LogP contribution in [0.3, 0.4) is 0 Å². The van der Waals surface area contributed by atoms with E-state index in [0.717, 1.165) is 12.0 Å². The van der Waals surface area contributed by atoms with Gasteiger partial charge in [0.05, 0.1) is 0 Å². The van der Waals surface area contributed by atoms with Crippen molar-refractivity contribution in [1.29, 1.82) is 0 Å². The average Bonchev–Trinajstić information content (AvgIpc) is 2.46. The predicted molar refractivity (Wildman–Crippen MR) is 73.5 cm³/mol. The van der Waals surface area contributed by atoms with Gasteiger partial charge in [-0.05, 0) is 42.8 Å². The molecule has 2 heterocycles. The van der Waals surface area contributed by atoms with Gasteiger partial charge in [-0.25, -0.2) is 0 Å². The van der Waals surface area contributed by atoms with Crippen LogP contribution in [0.25, 0.3) is 0 Å². The van der Waals surface area contributed by atoms with Gasteiger partial charge in [-0.2, -0.15) is 13.2 Å².